The normalized spacial score (nSPS) is 18.6. The van der Waals surface area contributed by atoms with Gasteiger partial charge in [0.25, 0.3) is 0 Å². The van der Waals surface area contributed by atoms with Crippen molar-refractivity contribution in [2.75, 3.05) is 12.8 Å². The molecule has 1 aliphatic heterocycles. The van der Waals surface area contributed by atoms with Gasteiger partial charge in [0.1, 0.15) is 4.90 Å². The molecule has 0 aromatic carbocycles. The number of sulfone groups is 1. The molecule has 1 aliphatic rings. The molecular formula is C17H21N5O2S. The van der Waals surface area contributed by atoms with Gasteiger partial charge in [-0.3, -0.25) is 4.90 Å². The van der Waals surface area contributed by atoms with Crippen molar-refractivity contribution >= 4 is 15.5 Å². The van der Waals surface area contributed by atoms with Crippen LogP contribution in [0.4, 0.5) is 0 Å². The van der Waals surface area contributed by atoms with Crippen LogP contribution in [0.3, 0.4) is 0 Å². The fourth-order valence-electron chi connectivity index (χ4n) is 3.64. The fraction of sp³-hybridized carbons (Fsp3) is 0.412. The number of rotatable bonds is 4. The fourth-order valence-corrected chi connectivity index (χ4v) is 4.35. The van der Waals surface area contributed by atoms with E-state index < -0.39 is 9.84 Å². The second-order valence-corrected chi connectivity index (χ2v) is 8.52. The first-order chi connectivity index (χ1) is 12.0. The van der Waals surface area contributed by atoms with Crippen LogP contribution in [-0.2, 0) is 22.9 Å². The van der Waals surface area contributed by atoms with Crippen LogP contribution in [0.25, 0.3) is 5.65 Å². The highest BCUT2D eigenvalue weighted by atomic mass is 32.2. The van der Waals surface area contributed by atoms with Crippen LogP contribution in [-0.4, -0.2) is 45.3 Å². The van der Waals surface area contributed by atoms with Crippen LogP contribution in [0.1, 0.15) is 30.6 Å². The van der Waals surface area contributed by atoms with E-state index in [-0.39, 0.29) is 4.90 Å². The van der Waals surface area contributed by atoms with Crippen molar-refractivity contribution in [1.29, 1.82) is 0 Å². The highest BCUT2D eigenvalue weighted by molar-refractivity contribution is 7.90. The minimum Gasteiger partial charge on any atom is -0.349 e. The Kier molecular flexibility index (Phi) is 3.88. The van der Waals surface area contributed by atoms with Crippen LogP contribution in [0, 0.1) is 0 Å². The van der Waals surface area contributed by atoms with Crippen LogP contribution < -0.4 is 0 Å². The summed E-state index contributed by atoms with van der Waals surface area (Å²) in [5.41, 5.74) is 2.75. The number of aromatic nitrogens is 4. The van der Waals surface area contributed by atoms with Crippen molar-refractivity contribution in [3.05, 3.63) is 48.2 Å². The zero-order valence-corrected chi connectivity index (χ0v) is 15.1. The van der Waals surface area contributed by atoms with E-state index in [2.05, 4.69) is 44.8 Å². The third kappa shape index (κ3) is 2.85. The Bertz CT molecular complexity index is 1020. The van der Waals surface area contributed by atoms with Gasteiger partial charge in [-0.1, -0.05) is 6.92 Å². The molecule has 0 spiro atoms. The Morgan fingerprint density at radius 2 is 2.12 bits per heavy atom. The smallest absolute Gasteiger partial charge is 0.180 e. The van der Waals surface area contributed by atoms with Crippen LogP contribution in [0.15, 0.2) is 41.8 Å². The highest BCUT2D eigenvalue weighted by Gasteiger charge is 2.26. The summed E-state index contributed by atoms with van der Waals surface area (Å²) < 4.78 is 27.4. The minimum atomic E-state index is -3.32. The molecule has 1 atom stereocenters. The standard InChI is InChI=1S/C17H21N5O2S/c1-3-14-15-5-4-6-20(15)7-8-21(14)11-13-9-18-17-16(25(2,23)24)10-19-22(17)12-13/h4-6,9-10,12,14H,3,7-8,11H2,1-2H3/t14-/m0/s1. The first-order valence-electron chi connectivity index (χ1n) is 8.39. The van der Waals surface area contributed by atoms with E-state index >= 15 is 0 Å². The second-order valence-electron chi connectivity index (χ2n) is 6.53. The van der Waals surface area contributed by atoms with Crippen LogP contribution in [0.5, 0.6) is 0 Å². The number of hydrogen-bond donors (Lipinski definition) is 0. The second kappa shape index (κ2) is 5.96. The SMILES string of the molecule is CC[C@H]1c2cccn2CCN1Cc1cnc2c(S(C)(=O)=O)cnn2c1. The summed E-state index contributed by atoms with van der Waals surface area (Å²) in [6.07, 6.45) is 9.35. The van der Waals surface area contributed by atoms with Gasteiger partial charge in [0.05, 0.1) is 12.2 Å². The predicted octanol–water partition coefficient (Wildman–Crippen LogP) is 1.90. The molecule has 4 rings (SSSR count). The molecule has 8 heteroatoms. The van der Waals surface area contributed by atoms with E-state index in [9.17, 15) is 8.42 Å². The summed E-state index contributed by atoms with van der Waals surface area (Å²) in [5.74, 6) is 0. The molecule has 0 radical (unpaired) electrons. The van der Waals surface area contributed by atoms with Gasteiger partial charge >= 0.3 is 0 Å². The lowest BCUT2D eigenvalue weighted by molar-refractivity contribution is 0.144. The molecule has 7 nitrogen and oxygen atoms in total. The van der Waals surface area contributed by atoms with Gasteiger partial charge in [0, 0.05) is 55.7 Å². The predicted molar refractivity (Wildman–Crippen MR) is 94.0 cm³/mol. The van der Waals surface area contributed by atoms with Gasteiger partial charge in [-0.25, -0.2) is 17.9 Å². The largest absolute Gasteiger partial charge is 0.349 e. The van der Waals surface area contributed by atoms with Gasteiger partial charge in [0.2, 0.25) is 0 Å². The molecule has 0 aliphatic carbocycles. The van der Waals surface area contributed by atoms with Crippen molar-refractivity contribution in [2.24, 2.45) is 0 Å². The Hall–Kier alpha value is -2.19. The maximum Gasteiger partial charge on any atom is 0.180 e. The molecule has 0 amide bonds. The number of fused-ring (bicyclic) bond motifs is 2. The summed E-state index contributed by atoms with van der Waals surface area (Å²) in [5, 5.41) is 4.16. The van der Waals surface area contributed by atoms with E-state index in [1.54, 1.807) is 10.7 Å². The molecule has 0 fully saturated rings. The van der Waals surface area contributed by atoms with Crippen LogP contribution in [0.2, 0.25) is 0 Å². The summed E-state index contributed by atoms with van der Waals surface area (Å²) in [7, 11) is -3.32. The number of hydrogen-bond acceptors (Lipinski definition) is 5. The summed E-state index contributed by atoms with van der Waals surface area (Å²) in [4.78, 5) is 6.96. The van der Waals surface area contributed by atoms with Gasteiger partial charge in [0.15, 0.2) is 15.5 Å². The zero-order chi connectivity index (χ0) is 17.6. The lowest BCUT2D eigenvalue weighted by Crippen LogP contribution is -2.37. The minimum absolute atomic E-state index is 0.168. The summed E-state index contributed by atoms with van der Waals surface area (Å²) in [6.45, 7) is 4.93. The molecule has 0 unspecified atom stereocenters. The quantitative estimate of drug-likeness (QED) is 0.711. The molecule has 0 saturated heterocycles. The Labute approximate surface area is 146 Å². The van der Waals surface area contributed by atoms with E-state index in [0.717, 1.165) is 31.6 Å². The van der Waals surface area contributed by atoms with Gasteiger partial charge in [-0.2, -0.15) is 5.10 Å². The molecule has 0 N–H and O–H groups in total. The van der Waals surface area contributed by atoms with Gasteiger partial charge in [-0.15, -0.1) is 0 Å². The van der Waals surface area contributed by atoms with Gasteiger partial charge in [-0.05, 0) is 18.6 Å². The summed E-state index contributed by atoms with van der Waals surface area (Å²) in [6, 6.07) is 4.67. The van der Waals surface area contributed by atoms with Crippen molar-refractivity contribution in [1.82, 2.24) is 24.1 Å². The lowest BCUT2D eigenvalue weighted by atomic mass is 10.1. The van der Waals surface area contributed by atoms with Crippen molar-refractivity contribution in [3.63, 3.8) is 0 Å². The lowest BCUT2D eigenvalue weighted by Gasteiger charge is -2.36. The monoisotopic (exact) mass is 359 g/mol. The third-order valence-electron chi connectivity index (χ3n) is 4.82. The average molecular weight is 359 g/mol. The summed E-state index contributed by atoms with van der Waals surface area (Å²) >= 11 is 0. The molecule has 0 bridgehead atoms. The first kappa shape index (κ1) is 16.3. The maximum absolute atomic E-state index is 11.8. The van der Waals surface area contributed by atoms with Crippen LogP contribution >= 0.6 is 0 Å². The Morgan fingerprint density at radius 1 is 1.28 bits per heavy atom. The zero-order valence-electron chi connectivity index (χ0n) is 14.3. The topological polar surface area (TPSA) is 72.5 Å². The molecule has 132 valence electrons. The van der Waals surface area contributed by atoms with E-state index in [4.69, 9.17) is 0 Å². The average Bonchev–Trinajstić information content (AvgIpc) is 3.20. The molecular weight excluding hydrogens is 338 g/mol. The number of nitrogens with zero attached hydrogens (tertiary/aromatic N) is 5. The molecule has 0 saturated carbocycles. The van der Waals surface area contributed by atoms with Crippen molar-refractivity contribution in [2.45, 2.75) is 37.4 Å². The molecule has 3 aromatic heterocycles. The van der Waals surface area contributed by atoms with Crippen molar-refractivity contribution < 1.29 is 8.42 Å². The molecule has 4 heterocycles. The molecule has 3 aromatic rings. The van der Waals surface area contributed by atoms with E-state index in [1.165, 1.54) is 18.1 Å². The maximum atomic E-state index is 11.8. The highest BCUT2D eigenvalue weighted by Crippen LogP contribution is 2.30. The van der Waals surface area contributed by atoms with Crippen molar-refractivity contribution in [3.8, 4) is 0 Å². The van der Waals surface area contributed by atoms with Gasteiger partial charge < -0.3 is 4.57 Å². The molecule has 25 heavy (non-hydrogen) atoms. The van der Waals surface area contributed by atoms with E-state index in [0.29, 0.717) is 11.7 Å². The third-order valence-corrected chi connectivity index (χ3v) is 5.91. The first-order valence-corrected chi connectivity index (χ1v) is 10.3. The Morgan fingerprint density at radius 3 is 2.88 bits per heavy atom. The van der Waals surface area contributed by atoms with E-state index in [1.807, 2.05) is 6.20 Å². The Balaban J connectivity index is 1.63.